The van der Waals surface area contributed by atoms with E-state index in [4.69, 9.17) is 5.11 Å². The van der Waals surface area contributed by atoms with Gasteiger partial charge in [0.05, 0.1) is 0 Å². The van der Waals surface area contributed by atoms with Crippen molar-refractivity contribution in [3.63, 3.8) is 0 Å². The monoisotopic (exact) mass is 439 g/mol. The fourth-order valence-corrected chi connectivity index (χ4v) is 2.59. The Bertz CT molecular complexity index is 689. The Labute approximate surface area is 156 Å². The van der Waals surface area contributed by atoms with Crippen LogP contribution in [0.25, 0.3) is 0 Å². The predicted molar refractivity (Wildman–Crippen MR) is 91.1 cm³/mol. The lowest BCUT2D eigenvalue weighted by Gasteiger charge is -2.36. The molecule has 0 heterocycles. The molecule has 0 aliphatic rings. The van der Waals surface area contributed by atoms with Gasteiger partial charge in [0.25, 0.3) is 0 Å². The van der Waals surface area contributed by atoms with Crippen LogP contribution in [0.1, 0.15) is 25.8 Å². The van der Waals surface area contributed by atoms with Crippen molar-refractivity contribution >= 4 is 21.9 Å². The van der Waals surface area contributed by atoms with Gasteiger partial charge in [-0.2, -0.15) is 13.2 Å². The lowest BCUT2D eigenvalue weighted by Crippen LogP contribution is -2.59. The molecule has 3 N–H and O–H groups in total. The Kier molecular flexibility index (Phi) is 7.22. The van der Waals surface area contributed by atoms with Gasteiger partial charge in [-0.1, -0.05) is 39.9 Å². The molecule has 0 saturated heterocycles. The van der Waals surface area contributed by atoms with E-state index in [1.165, 1.54) is 12.1 Å². The molecule has 0 aliphatic heterocycles. The molecule has 0 aromatic heterocycles. The van der Waals surface area contributed by atoms with Crippen molar-refractivity contribution in [2.24, 2.45) is 0 Å². The second-order valence-electron chi connectivity index (χ2n) is 6.17. The summed E-state index contributed by atoms with van der Waals surface area (Å²) in [5.41, 5.74) is -5.50. The van der Waals surface area contributed by atoms with E-state index < -0.39 is 42.4 Å². The van der Waals surface area contributed by atoms with Crippen molar-refractivity contribution in [1.29, 1.82) is 0 Å². The van der Waals surface area contributed by atoms with Gasteiger partial charge in [-0.05, 0) is 31.5 Å². The van der Waals surface area contributed by atoms with E-state index in [1.807, 2.05) is 17.2 Å². The van der Waals surface area contributed by atoms with Gasteiger partial charge in [0, 0.05) is 10.9 Å². The van der Waals surface area contributed by atoms with Crippen LogP contribution in [-0.4, -0.2) is 40.7 Å². The molecule has 4 nitrogen and oxygen atoms in total. The van der Waals surface area contributed by atoms with E-state index in [0.717, 1.165) is 26.0 Å². The van der Waals surface area contributed by atoms with Gasteiger partial charge in [0.1, 0.15) is 18.3 Å². The smallest absolute Gasteiger partial charge is 0.422 e. The largest absolute Gasteiger partial charge is 0.480 e. The summed E-state index contributed by atoms with van der Waals surface area (Å²) in [4.78, 5) is 11.4. The van der Waals surface area contributed by atoms with E-state index in [0.29, 0.717) is 4.47 Å². The fraction of sp³-hybridized carbons (Fsp3) is 0.471. The highest BCUT2D eigenvalue weighted by atomic mass is 79.9. The minimum atomic E-state index is -5.04. The van der Waals surface area contributed by atoms with E-state index in [1.54, 1.807) is 0 Å². The van der Waals surface area contributed by atoms with Crippen molar-refractivity contribution in [3.05, 3.63) is 34.3 Å². The summed E-state index contributed by atoms with van der Waals surface area (Å²) >= 11 is 3.11. The maximum absolute atomic E-state index is 14.0. The van der Waals surface area contributed by atoms with Gasteiger partial charge >= 0.3 is 12.1 Å². The molecule has 1 aromatic rings. The number of carboxylic acids is 1. The molecule has 0 fully saturated rings. The molecule has 0 aliphatic carbocycles. The van der Waals surface area contributed by atoms with Gasteiger partial charge in [-0.25, -0.2) is 4.39 Å². The maximum Gasteiger partial charge on any atom is 0.422 e. The lowest BCUT2D eigenvalue weighted by atomic mass is 9.87. The average Bonchev–Trinajstić information content (AvgIpc) is 2.48. The van der Waals surface area contributed by atoms with Crippen molar-refractivity contribution in [3.8, 4) is 11.8 Å². The summed E-state index contributed by atoms with van der Waals surface area (Å²) in [6, 6.07) is 3.06. The number of hydrogen-bond donors (Lipinski definition) is 3. The minimum Gasteiger partial charge on any atom is -0.480 e. The number of benzene rings is 1. The first-order valence-corrected chi connectivity index (χ1v) is 8.25. The summed E-state index contributed by atoms with van der Waals surface area (Å²) in [5.74, 6) is 2.19. The molecule has 0 unspecified atom stereocenters. The number of carbonyl (C=O) groups is 1. The first-order valence-electron chi connectivity index (χ1n) is 7.45. The molecule has 26 heavy (non-hydrogen) atoms. The summed E-state index contributed by atoms with van der Waals surface area (Å²) in [5, 5.41) is 20.1. The van der Waals surface area contributed by atoms with Crippen molar-refractivity contribution in [2.45, 2.75) is 43.7 Å². The Morgan fingerprint density at radius 3 is 2.15 bits per heavy atom. The first kappa shape index (κ1) is 22.4. The lowest BCUT2D eigenvalue weighted by molar-refractivity contribution is -0.186. The second-order valence-corrected chi connectivity index (χ2v) is 7.09. The molecule has 1 aromatic carbocycles. The van der Waals surface area contributed by atoms with Crippen LogP contribution in [0, 0.1) is 11.8 Å². The number of halogens is 5. The number of rotatable bonds is 6. The molecule has 0 radical (unpaired) electrons. The Balaban J connectivity index is 3.56. The summed E-state index contributed by atoms with van der Waals surface area (Å²) in [7, 11) is 0. The zero-order valence-electron chi connectivity index (χ0n) is 14.0. The van der Waals surface area contributed by atoms with E-state index in [-0.39, 0.29) is 5.56 Å². The van der Waals surface area contributed by atoms with Crippen LogP contribution in [-0.2, 0) is 10.3 Å². The van der Waals surface area contributed by atoms with Gasteiger partial charge in [0.2, 0.25) is 5.54 Å². The molecular weight excluding hydrogens is 422 g/mol. The molecule has 2 atom stereocenters. The topological polar surface area (TPSA) is 69.6 Å². The Morgan fingerprint density at radius 2 is 1.77 bits per heavy atom. The Morgan fingerprint density at radius 1 is 1.23 bits per heavy atom. The standard InChI is InChI=1S/C17H18BrF4NO3/c1-15(2,19)10-13(14(25)26)23-16(8-3-9-24,17(20,21)22)11-4-6-12(18)7-5-11/h4-7,13,23-24H,9-10H2,1-2H3,(H,25,26)/t13-,16-/m0/s1. The van der Waals surface area contributed by atoms with E-state index in [2.05, 4.69) is 15.9 Å². The fourth-order valence-electron chi connectivity index (χ4n) is 2.33. The third kappa shape index (κ3) is 5.69. The molecular formula is C17H18BrF4NO3. The van der Waals surface area contributed by atoms with Crippen LogP contribution in [0.15, 0.2) is 28.7 Å². The summed E-state index contributed by atoms with van der Waals surface area (Å²) in [6.07, 6.45) is -5.76. The van der Waals surface area contributed by atoms with Crippen LogP contribution < -0.4 is 5.32 Å². The summed E-state index contributed by atoms with van der Waals surface area (Å²) < 4.78 is 56.4. The Hall–Kier alpha value is -1.63. The van der Waals surface area contributed by atoms with E-state index >= 15 is 0 Å². The van der Waals surface area contributed by atoms with Crippen LogP contribution >= 0.6 is 15.9 Å². The van der Waals surface area contributed by atoms with Crippen LogP contribution in [0.4, 0.5) is 17.6 Å². The number of nitrogens with one attached hydrogen (secondary N) is 1. The number of aliphatic hydroxyl groups excluding tert-OH is 1. The molecule has 0 bridgehead atoms. The third-order valence-corrected chi connectivity index (χ3v) is 3.96. The predicted octanol–water partition coefficient (Wildman–Crippen LogP) is 3.38. The molecule has 0 saturated carbocycles. The van der Waals surface area contributed by atoms with Crippen LogP contribution in [0.5, 0.6) is 0 Å². The number of hydrogen-bond acceptors (Lipinski definition) is 3. The molecule has 0 amide bonds. The molecule has 9 heteroatoms. The normalized spacial score (nSPS) is 15.5. The molecule has 0 spiro atoms. The zero-order chi connectivity index (χ0) is 20.2. The highest BCUT2D eigenvalue weighted by molar-refractivity contribution is 9.10. The van der Waals surface area contributed by atoms with Gasteiger partial charge in [-0.3, -0.25) is 10.1 Å². The zero-order valence-corrected chi connectivity index (χ0v) is 15.6. The van der Waals surface area contributed by atoms with Crippen molar-refractivity contribution < 1.29 is 32.6 Å². The van der Waals surface area contributed by atoms with Gasteiger partial charge in [0.15, 0.2) is 0 Å². The number of aliphatic hydroxyl groups is 1. The SMILES string of the molecule is CC(C)(F)C[C@H](N[C@@](C#CCO)(c1ccc(Br)cc1)C(F)(F)F)C(=O)O. The average molecular weight is 440 g/mol. The second kappa shape index (κ2) is 8.37. The van der Waals surface area contributed by atoms with Crippen LogP contribution in [0.3, 0.4) is 0 Å². The third-order valence-electron chi connectivity index (χ3n) is 3.44. The van der Waals surface area contributed by atoms with Crippen molar-refractivity contribution in [1.82, 2.24) is 5.32 Å². The number of alkyl halides is 4. The minimum absolute atomic E-state index is 0.378. The van der Waals surface area contributed by atoms with E-state index in [9.17, 15) is 27.5 Å². The molecule has 144 valence electrons. The summed E-state index contributed by atoms with van der Waals surface area (Å²) in [6.45, 7) is 1.28. The van der Waals surface area contributed by atoms with Gasteiger partial charge < -0.3 is 10.2 Å². The number of carboxylic acid groups (broad SMARTS) is 1. The maximum atomic E-state index is 14.0. The molecule has 1 rings (SSSR count). The highest BCUT2D eigenvalue weighted by Gasteiger charge is 2.57. The quantitative estimate of drug-likeness (QED) is 0.469. The van der Waals surface area contributed by atoms with Gasteiger partial charge in [-0.15, -0.1) is 0 Å². The van der Waals surface area contributed by atoms with Crippen LogP contribution in [0.2, 0.25) is 0 Å². The highest BCUT2D eigenvalue weighted by Crippen LogP contribution is 2.40. The number of aliphatic carboxylic acids is 1. The first-order chi connectivity index (χ1) is 11.8. The van der Waals surface area contributed by atoms with Crippen molar-refractivity contribution in [2.75, 3.05) is 6.61 Å².